The number of phenols is 3. The average Bonchev–Trinajstić information content (AvgIpc) is 2.46. The van der Waals surface area contributed by atoms with Crippen LogP contribution in [0.5, 0.6) is 17.2 Å². The summed E-state index contributed by atoms with van der Waals surface area (Å²) in [6.07, 6.45) is 3.03. The highest BCUT2D eigenvalue weighted by Crippen LogP contribution is 2.36. The molecule has 1 heterocycles. The standard InChI is InChI=1S/C15H16N2O4/c1-9-8-10(17(3)15(21)16(9)2)4-5-11-12(18)6-7-13(19)14(11)20/h4-8H,1-3H3,(H2,18,19,20)/p+1. The van der Waals surface area contributed by atoms with Crippen molar-refractivity contribution >= 4 is 12.2 Å². The summed E-state index contributed by atoms with van der Waals surface area (Å²) in [6.45, 7) is 1.81. The molecule has 0 aliphatic heterocycles. The van der Waals surface area contributed by atoms with Crippen molar-refractivity contribution in [2.45, 2.75) is 6.92 Å². The van der Waals surface area contributed by atoms with Crippen molar-refractivity contribution < 1.29 is 19.9 Å². The Morgan fingerprint density at radius 1 is 1.14 bits per heavy atom. The van der Waals surface area contributed by atoms with Gasteiger partial charge in [0.2, 0.25) is 0 Å². The predicted octanol–water partition coefficient (Wildman–Crippen LogP) is 0.805. The molecule has 1 aromatic carbocycles. The number of nitrogens with zero attached hydrogens (tertiary/aromatic N) is 2. The van der Waals surface area contributed by atoms with E-state index in [1.807, 2.05) is 6.92 Å². The van der Waals surface area contributed by atoms with Gasteiger partial charge in [-0.1, -0.05) is 0 Å². The molecule has 0 spiro atoms. The van der Waals surface area contributed by atoms with Gasteiger partial charge in [-0.05, 0) is 31.2 Å². The van der Waals surface area contributed by atoms with E-state index in [2.05, 4.69) is 0 Å². The maximum atomic E-state index is 12.0. The molecule has 0 amide bonds. The van der Waals surface area contributed by atoms with Gasteiger partial charge >= 0.3 is 5.69 Å². The van der Waals surface area contributed by atoms with Crippen molar-refractivity contribution in [1.82, 2.24) is 4.57 Å². The Morgan fingerprint density at radius 3 is 2.43 bits per heavy atom. The minimum atomic E-state index is -0.408. The van der Waals surface area contributed by atoms with Crippen LogP contribution in [0.2, 0.25) is 0 Å². The summed E-state index contributed by atoms with van der Waals surface area (Å²) >= 11 is 0. The Balaban J connectivity index is 2.54. The van der Waals surface area contributed by atoms with E-state index in [-0.39, 0.29) is 22.8 Å². The summed E-state index contributed by atoms with van der Waals surface area (Å²) in [5.74, 6) is -0.892. The number of aromatic hydroxyl groups is 3. The number of aryl methyl sites for hydroxylation is 1. The van der Waals surface area contributed by atoms with E-state index in [1.165, 1.54) is 27.3 Å². The summed E-state index contributed by atoms with van der Waals surface area (Å²) in [5, 5.41) is 28.9. The molecule has 1 aromatic heterocycles. The molecule has 0 fully saturated rings. The molecule has 6 heteroatoms. The van der Waals surface area contributed by atoms with Crippen LogP contribution in [-0.2, 0) is 14.1 Å². The van der Waals surface area contributed by atoms with Gasteiger partial charge in [-0.3, -0.25) is 0 Å². The molecule has 0 radical (unpaired) electrons. The third kappa shape index (κ3) is 2.60. The minimum Gasteiger partial charge on any atom is -0.507 e. The lowest BCUT2D eigenvalue weighted by Crippen LogP contribution is -2.53. The molecular formula is C15H17N2O4+. The van der Waals surface area contributed by atoms with E-state index in [0.717, 1.165) is 5.69 Å². The van der Waals surface area contributed by atoms with Gasteiger partial charge in [-0.25, -0.2) is 0 Å². The molecule has 2 aromatic rings. The van der Waals surface area contributed by atoms with E-state index < -0.39 is 5.75 Å². The van der Waals surface area contributed by atoms with Crippen molar-refractivity contribution in [2.24, 2.45) is 14.1 Å². The van der Waals surface area contributed by atoms with E-state index >= 15 is 0 Å². The first-order valence-electron chi connectivity index (χ1n) is 6.31. The van der Waals surface area contributed by atoms with Crippen LogP contribution in [0.15, 0.2) is 23.0 Å². The van der Waals surface area contributed by atoms with Gasteiger partial charge < -0.3 is 15.3 Å². The smallest absolute Gasteiger partial charge is 0.498 e. The monoisotopic (exact) mass is 289 g/mol. The zero-order valence-electron chi connectivity index (χ0n) is 12.0. The number of benzene rings is 1. The summed E-state index contributed by atoms with van der Waals surface area (Å²) in [5.41, 5.74) is 1.30. The highest BCUT2D eigenvalue weighted by Gasteiger charge is 2.13. The molecule has 0 atom stereocenters. The molecule has 0 saturated carbocycles. The normalized spacial score (nSPS) is 11.2. The Hall–Kier alpha value is -2.76. The van der Waals surface area contributed by atoms with Crippen molar-refractivity contribution in [3.63, 3.8) is 0 Å². The van der Waals surface area contributed by atoms with Gasteiger partial charge in [0.1, 0.15) is 17.1 Å². The lowest BCUT2D eigenvalue weighted by Gasteiger charge is -2.05. The molecule has 2 rings (SSSR count). The lowest BCUT2D eigenvalue weighted by atomic mass is 10.1. The second-order valence-electron chi connectivity index (χ2n) is 4.81. The van der Waals surface area contributed by atoms with Gasteiger partial charge in [0, 0.05) is 6.07 Å². The molecule has 0 saturated heterocycles. The van der Waals surface area contributed by atoms with Gasteiger partial charge in [0.25, 0.3) is 0 Å². The Labute approximate surface area is 121 Å². The SMILES string of the molecule is Cc1cc(C=Cc2c(O)ccc(O)c2O)[n+](C)c(=O)n1C. The maximum Gasteiger partial charge on any atom is 0.498 e. The molecule has 6 nitrogen and oxygen atoms in total. The molecule has 21 heavy (non-hydrogen) atoms. The van der Waals surface area contributed by atoms with Crippen molar-refractivity contribution in [3.8, 4) is 17.2 Å². The fraction of sp³-hybridized carbons (Fsp3) is 0.200. The summed E-state index contributed by atoms with van der Waals surface area (Å²) in [6, 6.07) is 4.28. The molecule has 0 bridgehead atoms. The second kappa shape index (κ2) is 5.32. The van der Waals surface area contributed by atoms with E-state index in [1.54, 1.807) is 26.2 Å². The fourth-order valence-corrected chi connectivity index (χ4v) is 1.97. The number of hydrogen-bond donors (Lipinski definition) is 3. The average molecular weight is 289 g/mol. The minimum absolute atomic E-state index is 0.0910. The fourth-order valence-electron chi connectivity index (χ4n) is 1.97. The van der Waals surface area contributed by atoms with Crippen LogP contribution in [0, 0.1) is 6.92 Å². The van der Waals surface area contributed by atoms with Crippen LogP contribution in [0.1, 0.15) is 17.0 Å². The van der Waals surface area contributed by atoms with Crippen molar-refractivity contribution in [1.29, 1.82) is 0 Å². The van der Waals surface area contributed by atoms with Gasteiger partial charge in [-0.15, -0.1) is 0 Å². The van der Waals surface area contributed by atoms with E-state index in [4.69, 9.17) is 0 Å². The number of aromatic nitrogens is 2. The third-order valence-corrected chi connectivity index (χ3v) is 3.44. The Morgan fingerprint density at radius 2 is 1.76 bits per heavy atom. The highest BCUT2D eigenvalue weighted by atomic mass is 16.3. The number of phenolic OH excluding ortho intramolecular Hbond substituents is 3. The summed E-state index contributed by atoms with van der Waals surface area (Å²) < 4.78 is 2.96. The largest absolute Gasteiger partial charge is 0.507 e. The highest BCUT2D eigenvalue weighted by molar-refractivity contribution is 5.75. The van der Waals surface area contributed by atoms with Crippen LogP contribution in [-0.4, -0.2) is 19.9 Å². The molecule has 110 valence electrons. The predicted molar refractivity (Wildman–Crippen MR) is 78.0 cm³/mol. The Bertz CT molecular complexity index is 791. The number of rotatable bonds is 2. The van der Waals surface area contributed by atoms with Crippen LogP contribution < -0.4 is 10.3 Å². The molecule has 0 unspecified atom stereocenters. The zero-order valence-corrected chi connectivity index (χ0v) is 12.0. The first-order chi connectivity index (χ1) is 9.82. The second-order valence-corrected chi connectivity index (χ2v) is 4.81. The summed E-state index contributed by atoms with van der Waals surface area (Å²) in [4.78, 5) is 12.0. The van der Waals surface area contributed by atoms with Gasteiger partial charge in [-0.2, -0.15) is 13.9 Å². The first-order valence-corrected chi connectivity index (χ1v) is 6.31. The molecule has 0 aliphatic rings. The summed E-state index contributed by atoms with van der Waals surface area (Å²) in [7, 11) is 3.31. The van der Waals surface area contributed by atoms with Gasteiger partial charge in [0.05, 0.1) is 19.7 Å². The molecular weight excluding hydrogens is 272 g/mol. The Kier molecular flexibility index (Phi) is 3.71. The van der Waals surface area contributed by atoms with Crippen molar-refractivity contribution in [3.05, 3.63) is 45.6 Å². The van der Waals surface area contributed by atoms with Gasteiger partial charge in [0.15, 0.2) is 11.5 Å². The van der Waals surface area contributed by atoms with Crippen LogP contribution >= 0.6 is 0 Å². The van der Waals surface area contributed by atoms with Crippen LogP contribution in [0.4, 0.5) is 0 Å². The first kappa shape index (κ1) is 14.6. The zero-order chi connectivity index (χ0) is 15.7. The molecule has 3 N–H and O–H groups in total. The van der Waals surface area contributed by atoms with Crippen LogP contribution in [0.25, 0.3) is 12.2 Å². The topological polar surface area (TPSA) is 86.6 Å². The van der Waals surface area contributed by atoms with E-state index in [9.17, 15) is 20.1 Å². The lowest BCUT2D eigenvalue weighted by molar-refractivity contribution is -0.692. The maximum absolute atomic E-state index is 12.0. The molecule has 0 aliphatic carbocycles. The third-order valence-electron chi connectivity index (χ3n) is 3.44. The van der Waals surface area contributed by atoms with Crippen molar-refractivity contribution in [2.75, 3.05) is 0 Å². The quantitative estimate of drug-likeness (QED) is 0.434. The van der Waals surface area contributed by atoms with Crippen LogP contribution in [0.3, 0.4) is 0 Å². The number of hydrogen-bond acceptors (Lipinski definition) is 4. The van der Waals surface area contributed by atoms with E-state index in [0.29, 0.717) is 5.69 Å².